The van der Waals surface area contributed by atoms with Crippen molar-refractivity contribution in [3.05, 3.63) is 29.7 Å². The Labute approximate surface area is 98.6 Å². The summed E-state index contributed by atoms with van der Waals surface area (Å²) in [5, 5.41) is 0. The third-order valence-corrected chi connectivity index (χ3v) is 2.49. The maximum absolute atomic E-state index is 11.8. The number of benzene rings is 1. The topological polar surface area (TPSA) is 60.2 Å². The summed E-state index contributed by atoms with van der Waals surface area (Å²) < 4.78 is 5.32. The Bertz CT molecular complexity index is 583. The van der Waals surface area contributed by atoms with Crippen molar-refractivity contribution in [1.82, 2.24) is 4.98 Å². The van der Waals surface area contributed by atoms with Gasteiger partial charge in [0.05, 0.1) is 0 Å². The maximum atomic E-state index is 11.8. The van der Waals surface area contributed by atoms with Crippen LogP contribution < -0.4 is 0 Å². The molecule has 0 unspecified atom stereocenters. The zero-order chi connectivity index (χ0) is 12.4. The number of carbonyl (C=O) groups is 2. The number of aromatic nitrogens is 1. The zero-order valence-electron chi connectivity index (χ0n) is 9.82. The molecule has 1 aromatic carbocycles. The predicted octanol–water partition coefficient (Wildman–Crippen LogP) is 2.69. The van der Waals surface area contributed by atoms with Crippen molar-refractivity contribution in [1.29, 1.82) is 0 Å². The number of fused-ring (bicyclic) bond motifs is 1. The molecule has 0 aliphatic rings. The molecule has 0 radical (unpaired) electrons. The number of hydrogen-bond acceptors (Lipinski definition) is 4. The Balaban J connectivity index is 2.35. The summed E-state index contributed by atoms with van der Waals surface area (Å²) in [4.78, 5) is 27.4. The number of carbonyl (C=O) groups excluding carboxylic acids is 2. The molecule has 2 aromatic rings. The highest BCUT2D eigenvalue weighted by Crippen LogP contribution is 2.17. The average Bonchev–Trinajstić information content (AvgIpc) is 2.67. The van der Waals surface area contributed by atoms with Crippen molar-refractivity contribution in [2.75, 3.05) is 0 Å². The Morgan fingerprint density at radius 1 is 1.35 bits per heavy atom. The van der Waals surface area contributed by atoms with E-state index in [-0.39, 0.29) is 12.2 Å². The number of ketones is 2. The van der Waals surface area contributed by atoms with Crippen molar-refractivity contribution < 1.29 is 14.0 Å². The van der Waals surface area contributed by atoms with Crippen molar-refractivity contribution in [3.8, 4) is 0 Å². The van der Waals surface area contributed by atoms with Crippen LogP contribution in [0.25, 0.3) is 11.1 Å². The van der Waals surface area contributed by atoms with Gasteiger partial charge in [-0.15, -0.1) is 0 Å². The molecular weight excluding hydrogens is 218 g/mol. The summed E-state index contributed by atoms with van der Waals surface area (Å²) in [5.41, 5.74) is 1.60. The molecule has 4 heteroatoms. The normalized spacial score (nSPS) is 10.7. The summed E-state index contributed by atoms with van der Waals surface area (Å²) in [6.45, 7) is 3.61. The minimum atomic E-state index is -0.456. The van der Waals surface area contributed by atoms with E-state index in [0.717, 1.165) is 0 Å². The van der Waals surface area contributed by atoms with Crippen molar-refractivity contribution in [2.24, 2.45) is 0 Å². The number of rotatable bonds is 4. The average molecular weight is 231 g/mol. The lowest BCUT2D eigenvalue weighted by Gasteiger charge is -1.98. The smallest absolute Gasteiger partial charge is 0.228 e. The highest BCUT2D eigenvalue weighted by Gasteiger charge is 2.16. The molecule has 1 aromatic heterocycles. The first-order chi connectivity index (χ1) is 8.11. The van der Waals surface area contributed by atoms with Gasteiger partial charge in [0.25, 0.3) is 0 Å². The molecule has 0 fully saturated rings. The van der Waals surface area contributed by atoms with E-state index in [1.54, 1.807) is 25.1 Å². The second-order valence-electron chi connectivity index (χ2n) is 3.92. The number of nitrogens with zero attached hydrogens (tertiary/aromatic N) is 1. The number of Topliss-reactive ketones (excluding diaryl/α,β-unsaturated/α-hetero) is 2. The Morgan fingerprint density at radius 2 is 2.12 bits per heavy atom. The van der Waals surface area contributed by atoms with E-state index in [1.807, 2.05) is 6.92 Å². The molecule has 0 saturated carbocycles. The number of aryl methyl sites for hydroxylation is 1. The monoisotopic (exact) mass is 231 g/mol. The van der Waals surface area contributed by atoms with Gasteiger partial charge in [0.15, 0.2) is 11.5 Å². The van der Waals surface area contributed by atoms with Crippen LogP contribution in [0.15, 0.2) is 22.6 Å². The van der Waals surface area contributed by atoms with E-state index >= 15 is 0 Å². The highest BCUT2D eigenvalue weighted by molar-refractivity contribution is 6.43. The molecule has 1 heterocycles. The van der Waals surface area contributed by atoms with Gasteiger partial charge in [-0.3, -0.25) is 9.59 Å². The quantitative estimate of drug-likeness (QED) is 0.599. The standard InChI is InChI=1S/C13H13NO3/c1-3-4-11(15)13(16)9-5-6-10-12(7-9)17-8(2)14-10/h5-7H,3-4H2,1-2H3. The van der Waals surface area contributed by atoms with E-state index < -0.39 is 5.78 Å². The predicted molar refractivity (Wildman–Crippen MR) is 63.0 cm³/mol. The largest absolute Gasteiger partial charge is 0.441 e. The minimum absolute atomic E-state index is 0.284. The molecule has 0 atom stereocenters. The fourth-order valence-electron chi connectivity index (χ4n) is 1.68. The molecule has 0 saturated heterocycles. The van der Waals surface area contributed by atoms with Crippen molar-refractivity contribution in [3.63, 3.8) is 0 Å². The molecule has 2 rings (SSSR count). The SMILES string of the molecule is CCCC(=O)C(=O)c1ccc2nc(C)oc2c1. The first-order valence-corrected chi connectivity index (χ1v) is 5.56. The van der Waals surface area contributed by atoms with Gasteiger partial charge in [-0.2, -0.15) is 0 Å². The fraction of sp³-hybridized carbons (Fsp3) is 0.308. The highest BCUT2D eigenvalue weighted by atomic mass is 16.3. The zero-order valence-corrected chi connectivity index (χ0v) is 9.82. The molecule has 17 heavy (non-hydrogen) atoms. The van der Waals surface area contributed by atoms with Crippen LogP contribution in [0.5, 0.6) is 0 Å². The summed E-state index contributed by atoms with van der Waals surface area (Å²) in [5.74, 6) is -0.268. The van der Waals surface area contributed by atoms with Gasteiger partial charge in [0, 0.05) is 18.9 Å². The fourth-order valence-corrected chi connectivity index (χ4v) is 1.68. The van der Waals surface area contributed by atoms with E-state index in [1.165, 1.54) is 0 Å². The second kappa shape index (κ2) is 4.49. The molecule has 0 aliphatic heterocycles. The van der Waals surface area contributed by atoms with E-state index in [9.17, 15) is 9.59 Å². The molecule has 0 amide bonds. The first kappa shape index (κ1) is 11.5. The van der Waals surface area contributed by atoms with Crippen LogP contribution in [0, 0.1) is 6.92 Å². The Hall–Kier alpha value is -1.97. The Morgan fingerprint density at radius 3 is 2.82 bits per heavy atom. The summed E-state index contributed by atoms with van der Waals surface area (Å²) >= 11 is 0. The molecule has 88 valence electrons. The summed E-state index contributed by atoms with van der Waals surface area (Å²) in [6, 6.07) is 4.88. The van der Waals surface area contributed by atoms with Crippen LogP contribution in [0.3, 0.4) is 0 Å². The van der Waals surface area contributed by atoms with Gasteiger partial charge in [0.1, 0.15) is 5.52 Å². The van der Waals surface area contributed by atoms with Crippen molar-refractivity contribution >= 4 is 22.7 Å². The molecule has 0 spiro atoms. The Kier molecular flexibility index (Phi) is 3.04. The number of oxazole rings is 1. The van der Waals surface area contributed by atoms with Gasteiger partial charge in [0.2, 0.25) is 11.6 Å². The van der Waals surface area contributed by atoms with E-state index in [4.69, 9.17) is 4.42 Å². The lowest BCUT2D eigenvalue weighted by molar-refractivity contribution is -0.115. The first-order valence-electron chi connectivity index (χ1n) is 5.56. The van der Waals surface area contributed by atoms with Crippen LogP contribution in [0.2, 0.25) is 0 Å². The minimum Gasteiger partial charge on any atom is -0.441 e. The lowest BCUT2D eigenvalue weighted by atomic mass is 10.0. The third-order valence-electron chi connectivity index (χ3n) is 2.49. The van der Waals surface area contributed by atoms with Gasteiger partial charge in [-0.1, -0.05) is 6.92 Å². The van der Waals surface area contributed by atoms with Crippen LogP contribution >= 0.6 is 0 Å². The van der Waals surface area contributed by atoms with E-state index in [0.29, 0.717) is 29.0 Å². The van der Waals surface area contributed by atoms with Crippen LogP contribution in [0.1, 0.15) is 36.0 Å². The molecule has 0 aliphatic carbocycles. The maximum Gasteiger partial charge on any atom is 0.228 e. The van der Waals surface area contributed by atoms with Gasteiger partial charge in [-0.05, 0) is 24.6 Å². The lowest BCUT2D eigenvalue weighted by Crippen LogP contribution is -2.13. The summed E-state index contributed by atoms with van der Waals surface area (Å²) in [6.07, 6.45) is 0.959. The molecular formula is C13H13NO3. The van der Waals surface area contributed by atoms with Crippen LogP contribution in [-0.4, -0.2) is 16.6 Å². The van der Waals surface area contributed by atoms with Crippen LogP contribution in [-0.2, 0) is 4.79 Å². The van der Waals surface area contributed by atoms with Gasteiger partial charge >= 0.3 is 0 Å². The molecule has 0 N–H and O–H groups in total. The van der Waals surface area contributed by atoms with Gasteiger partial charge < -0.3 is 4.42 Å². The van der Waals surface area contributed by atoms with Crippen molar-refractivity contribution in [2.45, 2.75) is 26.7 Å². The second-order valence-corrected chi connectivity index (χ2v) is 3.92. The molecule has 4 nitrogen and oxygen atoms in total. The van der Waals surface area contributed by atoms with Gasteiger partial charge in [-0.25, -0.2) is 4.98 Å². The molecule has 0 bridgehead atoms. The summed E-state index contributed by atoms with van der Waals surface area (Å²) in [7, 11) is 0. The van der Waals surface area contributed by atoms with E-state index in [2.05, 4.69) is 4.98 Å². The van der Waals surface area contributed by atoms with Crippen LogP contribution in [0.4, 0.5) is 0 Å². The number of hydrogen-bond donors (Lipinski definition) is 0. The third kappa shape index (κ3) is 2.25.